The minimum absolute atomic E-state index is 0.0137. The van der Waals surface area contributed by atoms with Crippen LogP contribution in [0.3, 0.4) is 0 Å². The molecular formula is C16H18N4O4. The summed E-state index contributed by atoms with van der Waals surface area (Å²) in [5.41, 5.74) is -0.131. The summed E-state index contributed by atoms with van der Waals surface area (Å²) in [5.74, 6) is -0.796. The number of amides is 1. The van der Waals surface area contributed by atoms with Crippen LogP contribution in [0, 0.1) is 22.7 Å². The highest BCUT2D eigenvalue weighted by Gasteiger charge is 2.26. The summed E-state index contributed by atoms with van der Waals surface area (Å²) in [5, 5.41) is 20.0. The smallest absolute Gasteiger partial charge is 0.408 e. The van der Waals surface area contributed by atoms with Crippen molar-refractivity contribution in [1.29, 1.82) is 10.5 Å². The van der Waals surface area contributed by atoms with E-state index < -0.39 is 30.3 Å². The van der Waals surface area contributed by atoms with Crippen LogP contribution < -0.4 is 5.32 Å². The molecule has 0 aliphatic carbocycles. The Morgan fingerprint density at radius 3 is 2.67 bits per heavy atom. The van der Waals surface area contributed by atoms with E-state index in [0.29, 0.717) is 5.56 Å². The molecule has 1 heterocycles. The van der Waals surface area contributed by atoms with Gasteiger partial charge in [0.1, 0.15) is 29.5 Å². The van der Waals surface area contributed by atoms with Gasteiger partial charge in [-0.2, -0.15) is 10.5 Å². The maximum Gasteiger partial charge on any atom is 0.408 e. The fourth-order valence-electron chi connectivity index (χ4n) is 1.77. The number of carbonyl (C=O) groups is 2. The van der Waals surface area contributed by atoms with Crippen LogP contribution in [0.25, 0.3) is 0 Å². The van der Waals surface area contributed by atoms with E-state index in [4.69, 9.17) is 20.0 Å². The molecule has 0 unspecified atom stereocenters. The third-order valence-corrected chi connectivity index (χ3v) is 2.68. The van der Waals surface area contributed by atoms with E-state index in [2.05, 4.69) is 10.3 Å². The monoisotopic (exact) mass is 330 g/mol. The fourth-order valence-corrected chi connectivity index (χ4v) is 1.77. The van der Waals surface area contributed by atoms with Crippen LogP contribution in [0.5, 0.6) is 0 Å². The third-order valence-electron chi connectivity index (χ3n) is 2.68. The average molecular weight is 330 g/mol. The third kappa shape index (κ3) is 6.32. The number of nitriles is 2. The Morgan fingerprint density at radius 2 is 2.08 bits per heavy atom. The highest BCUT2D eigenvalue weighted by atomic mass is 16.6. The van der Waals surface area contributed by atoms with Gasteiger partial charge in [-0.05, 0) is 32.4 Å². The molecule has 8 heteroatoms. The highest BCUT2D eigenvalue weighted by Crippen LogP contribution is 2.11. The number of aromatic nitrogens is 1. The first-order valence-corrected chi connectivity index (χ1v) is 7.14. The number of pyridine rings is 1. The molecule has 1 rings (SSSR count). The van der Waals surface area contributed by atoms with Gasteiger partial charge in [-0.25, -0.2) is 14.6 Å². The number of esters is 1. The van der Waals surface area contributed by atoms with Crippen LogP contribution in [0.15, 0.2) is 18.3 Å². The normalized spacial score (nSPS) is 11.5. The molecule has 126 valence electrons. The van der Waals surface area contributed by atoms with Crippen molar-refractivity contribution in [3.05, 3.63) is 29.6 Å². The Bertz CT molecular complexity index is 683. The molecule has 0 aliphatic rings. The van der Waals surface area contributed by atoms with Crippen molar-refractivity contribution in [3.8, 4) is 12.1 Å². The average Bonchev–Trinajstić information content (AvgIpc) is 2.50. The van der Waals surface area contributed by atoms with Crippen molar-refractivity contribution in [1.82, 2.24) is 10.3 Å². The Balaban J connectivity index is 2.93. The van der Waals surface area contributed by atoms with Gasteiger partial charge in [0, 0.05) is 12.6 Å². The molecule has 0 spiro atoms. The molecule has 0 saturated heterocycles. The van der Waals surface area contributed by atoms with E-state index in [1.807, 2.05) is 6.07 Å². The lowest BCUT2D eigenvalue weighted by molar-refractivity contribution is -0.144. The molecule has 0 aliphatic heterocycles. The second-order valence-electron chi connectivity index (χ2n) is 5.79. The molecular weight excluding hydrogens is 312 g/mol. The summed E-state index contributed by atoms with van der Waals surface area (Å²) in [6.45, 7) is 4.61. The van der Waals surface area contributed by atoms with Gasteiger partial charge >= 0.3 is 12.1 Å². The topological polar surface area (TPSA) is 125 Å². The van der Waals surface area contributed by atoms with Crippen LogP contribution in [0.1, 0.15) is 32.0 Å². The molecule has 1 aromatic heterocycles. The molecule has 8 nitrogen and oxygen atoms in total. The number of hydrogen-bond acceptors (Lipinski definition) is 7. The predicted molar refractivity (Wildman–Crippen MR) is 82.4 cm³/mol. The van der Waals surface area contributed by atoms with Crippen LogP contribution in [-0.2, 0) is 20.7 Å². The molecule has 0 fully saturated rings. The summed E-state index contributed by atoms with van der Waals surface area (Å²) in [6.07, 6.45) is 0.635. The standard InChI is InChI=1S/C16H18N4O4/c1-16(2,3)24-15(22)20-12(14(21)23-8-6-17)9-11-5-4-7-19-13(11)10-18/h4-5,7,12H,8-9H2,1-3H3,(H,20,22)/t12-/m0/s1. The Morgan fingerprint density at radius 1 is 1.38 bits per heavy atom. The Hall–Kier alpha value is -3.13. The lowest BCUT2D eigenvalue weighted by Crippen LogP contribution is -2.45. The van der Waals surface area contributed by atoms with Gasteiger partial charge in [-0.3, -0.25) is 0 Å². The van der Waals surface area contributed by atoms with Gasteiger partial charge in [0.05, 0.1) is 0 Å². The number of nitrogens with one attached hydrogen (secondary N) is 1. The largest absolute Gasteiger partial charge is 0.449 e. The second kappa shape index (κ2) is 8.49. The van der Waals surface area contributed by atoms with E-state index in [1.54, 1.807) is 39.0 Å². The van der Waals surface area contributed by atoms with Crippen molar-refractivity contribution in [2.24, 2.45) is 0 Å². The zero-order valence-electron chi connectivity index (χ0n) is 13.7. The Labute approximate surface area is 140 Å². The molecule has 0 bridgehead atoms. The molecule has 0 radical (unpaired) electrons. The quantitative estimate of drug-likeness (QED) is 0.810. The lowest BCUT2D eigenvalue weighted by atomic mass is 10.0. The zero-order chi connectivity index (χ0) is 18.2. The summed E-state index contributed by atoms with van der Waals surface area (Å²) in [7, 11) is 0. The van der Waals surface area contributed by atoms with Gasteiger partial charge in [0.15, 0.2) is 6.61 Å². The number of hydrogen-bond donors (Lipinski definition) is 1. The molecule has 1 N–H and O–H groups in total. The van der Waals surface area contributed by atoms with Crippen molar-refractivity contribution >= 4 is 12.1 Å². The number of rotatable bonds is 5. The molecule has 1 aromatic rings. The first-order chi connectivity index (χ1) is 11.3. The fraction of sp³-hybridized carbons (Fsp3) is 0.438. The van der Waals surface area contributed by atoms with Crippen LogP contribution in [-0.4, -0.2) is 35.3 Å². The number of carbonyl (C=O) groups excluding carboxylic acids is 2. The van der Waals surface area contributed by atoms with Gasteiger partial charge in [-0.15, -0.1) is 0 Å². The summed E-state index contributed by atoms with van der Waals surface area (Å²) in [6, 6.07) is 5.72. The van der Waals surface area contributed by atoms with Crippen molar-refractivity contribution in [2.75, 3.05) is 6.61 Å². The number of ether oxygens (including phenoxy) is 2. The summed E-state index contributed by atoms with van der Waals surface area (Å²) >= 11 is 0. The first kappa shape index (κ1) is 18.9. The van der Waals surface area contributed by atoms with E-state index >= 15 is 0 Å². The van der Waals surface area contributed by atoms with Crippen LogP contribution in [0.4, 0.5) is 4.79 Å². The van der Waals surface area contributed by atoms with Crippen LogP contribution in [0.2, 0.25) is 0 Å². The number of nitrogens with zero attached hydrogens (tertiary/aromatic N) is 3. The van der Waals surface area contributed by atoms with E-state index in [1.165, 1.54) is 6.20 Å². The zero-order valence-corrected chi connectivity index (χ0v) is 13.7. The maximum absolute atomic E-state index is 12.1. The molecule has 0 saturated carbocycles. The van der Waals surface area contributed by atoms with Crippen molar-refractivity contribution < 1.29 is 19.1 Å². The van der Waals surface area contributed by atoms with Gasteiger partial charge in [0.25, 0.3) is 0 Å². The second-order valence-corrected chi connectivity index (χ2v) is 5.79. The minimum Gasteiger partial charge on any atom is -0.449 e. The molecule has 0 aromatic carbocycles. The first-order valence-electron chi connectivity index (χ1n) is 7.14. The van der Waals surface area contributed by atoms with Crippen molar-refractivity contribution in [2.45, 2.75) is 38.8 Å². The van der Waals surface area contributed by atoms with E-state index in [0.717, 1.165) is 0 Å². The molecule has 1 atom stereocenters. The lowest BCUT2D eigenvalue weighted by Gasteiger charge is -2.22. The Kier molecular flexibility index (Phi) is 6.69. The number of alkyl carbamates (subject to hydrolysis) is 1. The summed E-state index contributed by atoms with van der Waals surface area (Å²) in [4.78, 5) is 27.9. The van der Waals surface area contributed by atoms with Gasteiger partial charge < -0.3 is 14.8 Å². The van der Waals surface area contributed by atoms with Crippen molar-refractivity contribution in [3.63, 3.8) is 0 Å². The van der Waals surface area contributed by atoms with Crippen LogP contribution >= 0.6 is 0 Å². The van der Waals surface area contributed by atoms with Gasteiger partial charge in [0.2, 0.25) is 0 Å². The molecule has 24 heavy (non-hydrogen) atoms. The van der Waals surface area contributed by atoms with E-state index in [9.17, 15) is 9.59 Å². The minimum atomic E-state index is -1.11. The van der Waals surface area contributed by atoms with E-state index in [-0.39, 0.29) is 12.1 Å². The SMILES string of the molecule is CC(C)(C)OC(=O)N[C@@H](Cc1cccnc1C#N)C(=O)OCC#N. The molecule has 1 amide bonds. The highest BCUT2D eigenvalue weighted by molar-refractivity contribution is 5.82. The maximum atomic E-state index is 12.1. The van der Waals surface area contributed by atoms with Gasteiger partial charge in [-0.1, -0.05) is 6.07 Å². The predicted octanol–water partition coefficient (Wildman–Crippen LogP) is 1.46. The summed E-state index contributed by atoms with van der Waals surface area (Å²) < 4.78 is 9.87.